The minimum Gasteiger partial charge on any atom is -0.368 e. The quantitative estimate of drug-likeness (QED) is 0.527. The van der Waals surface area contributed by atoms with E-state index < -0.39 is 0 Å². The van der Waals surface area contributed by atoms with Crippen molar-refractivity contribution in [2.45, 2.75) is 5.16 Å². The summed E-state index contributed by atoms with van der Waals surface area (Å²) >= 11 is 1.57. The monoisotopic (exact) mass is 199 g/mol. The lowest BCUT2D eigenvalue weighted by molar-refractivity contribution is 0.797. The Bertz CT molecular complexity index is 293. The summed E-state index contributed by atoms with van der Waals surface area (Å²) in [5.41, 5.74) is 10.8. The minimum absolute atomic E-state index is 0.435. The van der Waals surface area contributed by atoms with E-state index in [4.69, 9.17) is 11.5 Å². The summed E-state index contributed by atoms with van der Waals surface area (Å²) in [6, 6.07) is 0. The number of nitrogen functional groups attached to an aromatic ring is 1. The number of nitrogens with zero attached hydrogens (tertiary/aromatic N) is 3. The lowest BCUT2D eigenvalue weighted by Gasteiger charge is -1.97. The Balaban J connectivity index is 2.45. The van der Waals surface area contributed by atoms with Crippen molar-refractivity contribution in [3.05, 3.63) is 12.2 Å². The number of thioether (sulfide) groups is 1. The molecule has 0 unspecified atom stereocenters. The van der Waals surface area contributed by atoms with Crippen LogP contribution in [0.25, 0.3) is 0 Å². The average molecular weight is 199 g/mol. The van der Waals surface area contributed by atoms with E-state index >= 15 is 0 Å². The summed E-state index contributed by atoms with van der Waals surface area (Å²) in [4.78, 5) is 0. The van der Waals surface area contributed by atoms with Gasteiger partial charge in [0, 0.05) is 19.3 Å². The Hall–Kier alpha value is -1.01. The minimum atomic E-state index is 0.435. The van der Waals surface area contributed by atoms with E-state index in [0.717, 1.165) is 10.9 Å². The van der Waals surface area contributed by atoms with Crippen LogP contribution in [0, 0.1) is 0 Å². The zero-order valence-corrected chi connectivity index (χ0v) is 8.29. The van der Waals surface area contributed by atoms with Gasteiger partial charge in [0.05, 0.1) is 0 Å². The summed E-state index contributed by atoms with van der Waals surface area (Å²) in [5, 5.41) is 8.45. The molecule has 0 aromatic carbocycles. The maximum Gasteiger partial charge on any atom is 0.222 e. The van der Waals surface area contributed by atoms with Crippen molar-refractivity contribution >= 4 is 17.7 Å². The molecule has 0 bridgehead atoms. The third-order valence-electron chi connectivity index (χ3n) is 1.48. The first-order valence-corrected chi connectivity index (χ1v) is 4.87. The predicted molar refractivity (Wildman–Crippen MR) is 54.3 cm³/mol. The Morgan fingerprint density at radius 3 is 2.77 bits per heavy atom. The molecule has 0 aliphatic heterocycles. The van der Waals surface area contributed by atoms with E-state index in [1.165, 1.54) is 0 Å². The van der Waals surface area contributed by atoms with Crippen LogP contribution in [0.2, 0.25) is 0 Å². The van der Waals surface area contributed by atoms with Crippen LogP contribution in [-0.2, 0) is 7.05 Å². The third-order valence-corrected chi connectivity index (χ3v) is 2.45. The molecule has 4 N–H and O–H groups in total. The van der Waals surface area contributed by atoms with Crippen molar-refractivity contribution in [3.8, 4) is 0 Å². The molecule has 0 aliphatic rings. The van der Waals surface area contributed by atoms with Crippen LogP contribution in [0.5, 0.6) is 0 Å². The number of aromatic nitrogens is 3. The molecule has 1 aromatic heterocycles. The molecule has 0 aliphatic carbocycles. The number of hydrogen-bond acceptors (Lipinski definition) is 5. The highest BCUT2D eigenvalue weighted by molar-refractivity contribution is 7.99. The summed E-state index contributed by atoms with van der Waals surface area (Å²) in [6.45, 7) is 0.571. The Morgan fingerprint density at radius 2 is 2.23 bits per heavy atom. The topological polar surface area (TPSA) is 82.8 Å². The number of nitrogens with two attached hydrogens (primary N) is 2. The van der Waals surface area contributed by atoms with E-state index in [0.29, 0.717) is 12.5 Å². The standard InChI is InChI=1S/C7H13N5S/c1-12-6(9)10-11-7(12)13-5-3-2-4-8/h2-3H,4-5,8H2,1H3,(H2,9,10). The lowest BCUT2D eigenvalue weighted by atomic mass is 10.5. The first-order chi connectivity index (χ1) is 6.25. The molecular formula is C7H13N5S. The van der Waals surface area contributed by atoms with Crippen LogP contribution in [0.4, 0.5) is 5.95 Å². The van der Waals surface area contributed by atoms with Crippen molar-refractivity contribution in [2.75, 3.05) is 18.0 Å². The molecule has 1 heterocycles. The van der Waals surface area contributed by atoms with Crippen molar-refractivity contribution in [2.24, 2.45) is 12.8 Å². The first-order valence-electron chi connectivity index (χ1n) is 3.88. The predicted octanol–water partition coefficient (Wildman–Crippen LogP) is 0.00430. The van der Waals surface area contributed by atoms with Gasteiger partial charge in [-0.3, -0.25) is 4.57 Å². The fourth-order valence-electron chi connectivity index (χ4n) is 0.739. The largest absolute Gasteiger partial charge is 0.368 e. The Labute approximate surface area is 81.2 Å². The highest BCUT2D eigenvalue weighted by Crippen LogP contribution is 2.15. The van der Waals surface area contributed by atoms with Crippen molar-refractivity contribution < 1.29 is 0 Å². The van der Waals surface area contributed by atoms with Gasteiger partial charge in [-0.25, -0.2) is 0 Å². The van der Waals surface area contributed by atoms with Crippen LogP contribution in [-0.4, -0.2) is 27.1 Å². The number of rotatable bonds is 4. The Kier molecular flexibility index (Phi) is 3.78. The van der Waals surface area contributed by atoms with Crippen LogP contribution < -0.4 is 11.5 Å². The maximum absolute atomic E-state index is 5.51. The molecule has 0 spiro atoms. The van der Waals surface area contributed by atoms with Crippen molar-refractivity contribution in [1.82, 2.24) is 14.8 Å². The third kappa shape index (κ3) is 2.74. The van der Waals surface area contributed by atoms with E-state index in [1.807, 2.05) is 19.2 Å². The van der Waals surface area contributed by atoms with Gasteiger partial charge < -0.3 is 11.5 Å². The maximum atomic E-state index is 5.51. The first kappa shape index (κ1) is 10.1. The summed E-state index contributed by atoms with van der Waals surface area (Å²) < 4.78 is 1.75. The Morgan fingerprint density at radius 1 is 1.46 bits per heavy atom. The molecule has 0 fully saturated rings. The van der Waals surface area contributed by atoms with Gasteiger partial charge in [-0.1, -0.05) is 23.9 Å². The smallest absolute Gasteiger partial charge is 0.222 e. The van der Waals surface area contributed by atoms with E-state index in [2.05, 4.69) is 10.2 Å². The molecule has 0 saturated carbocycles. The molecule has 1 aromatic rings. The molecule has 72 valence electrons. The van der Waals surface area contributed by atoms with E-state index in [-0.39, 0.29) is 0 Å². The van der Waals surface area contributed by atoms with Gasteiger partial charge in [0.1, 0.15) is 0 Å². The number of hydrogen-bond donors (Lipinski definition) is 2. The second-order valence-electron chi connectivity index (χ2n) is 2.42. The van der Waals surface area contributed by atoms with Gasteiger partial charge >= 0.3 is 0 Å². The summed E-state index contributed by atoms with van der Waals surface area (Å²) in [6.07, 6.45) is 3.91. The zero-order chi connectivity index (χ0) is 9.68. The molecule has 0 saturated heterocycles. The number of anilines is 1. The van der Waals surface area contributed by atoms with Crippen LogP contribution >= 0.6 is 11.8 Å². The zero-order valence-electron chi connectivity index (χ0n) is 7.47. The second-order valence-corrected chi connectivity index (χ2v) is 3.41. The highest BCUT2D eigenvalue weighted by Gasteiger charge is 2.03. The molecule has 6 heteroatoms. The molecule has 0 radical (unpaired) electrons. The van der Waals surface area contributed by atoms with E-state index in [1.54, 1.807) is 16.3 Å². The van der Waals surface area contributed by atoms with Gasteiger partial charge in [-0.2, -0.15) is 0 Å². The van der Waals surface area contributed by atoms with Gasteiger partial charge in [0.25, 0.3) is 0 Å². The average Bonchev–Trinajstić information content (AvgIpc) is 2.43. The summed E-state index contributed by atoms with van der Waals surface area (Å²) in [7, 11) is 1.84. The fourth-order valence-corrected chi connectivity index (χ4v) is 1.51. The normalized spacial score (nSPS) is 11.2. The van der Waals surface area contributed by atoms with Gasteiger partial charge in [0.2, 0.25) is 5.95 Å². The molecule has 0 amide bonds. The SMILES string of the molecule is Cn1c(N)nnc1SCC=CCN. The molecule has 0 atom stereocenters. The molecule has 13 heavy (non-hydrogen) atoms. The van der Waals surface area contributed by atoms with Crippen LogP contribution in [0.1, 0.15) is 0 Å². The fraction of sp³-hybridized carbons (Fsp3) is 0.429. The van der Waals surface area contributed by atoms with Crippen molar-refractivity contribution in [1.29, 1.82) is 0 Å². The summed E-state index contributed by atoms with van der Waals surface area (Å²) in [5.74, 6) is 1.27. The van der Waals surface area contributed by atoms with Crippen LogP contribution in [0.3, 0.4) is 0 Å². The van der Waals surface area contributed by atoms with Crippen LogP contribution in [0.15, 0.2) is 17.3 Å². The second kappa shape index (κ2) is 4.88. The molecular weight excluding hydrogens is 186 g/mol. The van der Waals surface area contributed by atoms with Gasteiger partial charge in [-0.05, 0) is 0 Å². The highest BCUT2D eigenvalue weighted by atomic mass is 32.2. The van der Waals surface area contributed by atoms with Crippen molar-refractivity contribution in [3.63, 3.8) is 0 Å². The van der Waals surface area contributed by atoms with E-state index in [9.17, 15) is 0 Å². The molecule has 1 rings (SSSR count). The molecule has 5 nitrogen and oxygen atoms in total. The van der Waals surface area contributed by atoms with Gasteiger partial charge in [0.15, 0.2) is 5.16 Å². The van der Waals surface area contributed by atoms with Gasteiger partial charge in [-0.15, -0.1) is 10.2 Å². The lowest BCUT2D eigenvalue weighted by Crippen LogP contribution is -1.98.